The number of hydrogen-bond donors (Lipinski definition) is 1. The van der Waals surface area contributed by atoms with Gasteiger partial charge in [0.25, 0.3) is 0 Å². The first-order chi connectivity index (χ1) is 9.65. The lowest BCUT2D eigenvalue weighted by Gasteiger charge is -2.04. The smallest absolute Gasteiger partial charge is 0.159 e. The summed E-state index contributed by atoms with van der Waals surface area (Å²) in [7, 11) is 1.96. The van der Waals surface area contributed by atoms with Crippen LogP contribution in [-0.2, 0) is 19.9 Å². The molecule has 3 aromatic rings. The molecule has 0 aliphatic rings. The summed E-state index contributed by atoms with van der Waals surface area (Å²) in [6.07, 6.45) is 3.29. The van der Waals surface area contributed by atoms with E-state index >= 15 is 0 Å². The van der Waals surface area contributed by atoms with Gasteiger partial charge in [-0.25, -0.2) is 14.4 Å². The van der Waals surface area contributed by atoms with E-state index in [1.54, 1.807) is 18.3 Å². The molecule has 5 heteroatoms. The Morgan fingerprint density at radius 2 is 2.10 bits per heavy atom. The van der Waals surface area contributed by atoms with E-state index in [0.29, 0.717) is 0 Å². The molecule has 0 saturated heterocycles. The molecular weight excluding hydrogens is 255 g/mol. The van der Waals surface area contributed by atoms with Crippen molar-refractivity contribution in [1.82, 2.24) is 14.5 Å². The number of benzene rings is 1. The van der Waals surface area contributed by atoms with Crippen molar-refractivity contribution in [2.75, 3.05) is 5.73 Å². The van der Waals surface area contributed by atoms with Gasteiger partial charge >= 0.3 is 0 Å². The molecule has 0 bridgehead atoms. The Balaban J connectivity index is 1.83. The van der Waals surface area contributed by atoms with Gasteiger partial charge in [0, 0.05) is 19.7 Å². The second-order valence-corrected chi connectivity index (χ2v) is 4.79. The summed E-state index contributed by atoms with van der Waals surface area (Å²) in [4.78, 5) is 8.88. The number of halogens is 1. The van der Waals surface area contributed by atoms with Crippen molar-refractivity contribution in [2.24, 2.45) is 7.05 Å². The van der Waals surface area contributed by atoms with Gasteiger partial charge in [0.15, 0.2) is 5.65 Å². The maximum atomic E-state index is 13.1. The van der Waals surface area contributed by atoms with Gasteiger partial charge in [0.2, 0.25) is 0 Å². The van der Waals surface area contributed by atoms with Crippen molar-refractivity contribution in [2.45, 2.75) is 12.8 Å². The fraction of sp³-hybridized carbons (Fsp3) is 0.200. The Morgan fingerprint density at radius 3 is 2.85 bits per heavy atom. The molecule has 0 atom stereocenters. The van der Waals surface area contributed by atoms with Crippen LogP contribution in [0, 0.1) is 5.82 Å². The predicted octanol–water partition coefficient (Wildman–Crippen LogP) is 2.47. The molecular formula is C15H15FN4. The van der Waals surface area contributed by atoms with Crippen LogP contribution >= 0.6 is 0 Å². The van der Waals surface area contributed by atoms with Crippen LogP contribution in [0.4, 0.5) is 10.1 Å². The van der Waals surface area contributed by atoms with Crippen LogP contribution in [-0.4, -0.2) is 14.5 Å². The molecule has 0 fully saturated rings. The van der Waals surface area contributed by atoms with Crippen LogP contribution in [0.3, 0.4) is 0 Å². The topological polar surface area (TPSA) is 56.7 Å². The summed E-state index contributed by atoms with van der Waals surface area (Å²) < 4.78 is 15.1. The maximum absolute atomic E-state index is 13.1. The second-order valence-electron chi connectivity index (χ2n) is 4.79. The van der Waals surface area contributed by atoms with E-state index in [2.05, 4.69) is 9.97 Å². The molecule has 2 aromatic heterocycles. The summed E-state index contributed by atoms with van der Waals surface area (Å²) in [5, 5.41) is 0. The number of nitrogens with zero attached hydrogens (tertiary/aromatic N) is 3. The largest absolute Gasteiger partial charge is 0.396 e. The first-order valence-corrected chi connectivity index (χ1v) is 6.45. The quantitative estimate of drug-likeness (QED) is 0.744. The number of hydrogen-bond acceptors (Lipinski definition) is 3. The minimum Gasteiger partial charge on any atom is -0.396 e. The third-order valence-corrected chi connectivity index (χ3v) is 3.42. The van der Waals surface area contributed by atoms with Crippen molar-refractivity contribution in [3.05, 3.63) is 53.7 Å². The van der Waals surface area contributed by atoms with Gasteiger partial charge in [-0.2, -0.15) is 0 Å². The third-order valence-electron chi connectivity index (χ3n) is 3.42. The molecule has 3 rings (SSSR count). The maximum Gasteiger partial charge on any atom is 0.159 e. The van der Waals surface area contributed by atoms with Crippen molar-refractivity contribution in [3.8, 4) is 0 Å². The zero-order chi connectivity index (χ0) is 14.1. The number of imidazole rings is 1. The highest BCUT2D eigenvalue weighted by Crippen LogP contribution is 2.16. The monoisotopic (exact) mass is 270 g/mol. The summed E-state index contributed by atoms with van der Waals surface area (Å²) in [5.41, 5.74) is 8.54. The van der Waals surface area contributed by atoms with Crippen LogP contribution in [0.1, 0.15) is 11.4 Å². The minimum absolute atomic E-state index is 0.189. The number of nitrogens with two attached hydrogens (primary N) is 1. The Kier molecular flexibility index (Phi) is 3.10. The fourth-order valence-electron chi connectivity index (χ4n) is 2.30. The molecule has 0 aliphatic heterocycles. The molecule has 0 saturated carbocycles. The molecule has 2 N–H and O–H groups in total. The lowest BCUT2D eigenvalue weighted by Crippen LogP contribution is -2.02. The molecule has 1 aromatic carbocycles. The molecule has 4 nitrogen and oxygen atoms in total. The summed E-state index contributed by atoms with van der Waals surface area (Å²) in [5.74, 6) is 0.585. The summed E-state index contributed by atoms with van der Waals surface area (Å²) >= 11 is 0. The highest BCUT2D eigenvalue weighted by Gasteiger charge is 2.08. The van der Waals surface area contributed by atoms with Gasteiger partial charge in [0.05, 0.1) is 5.69 Å². The SMILES string of the molecule is Cn1c(CCc2ccc(F)c(N)c2)nc2cccnc21. The number of pyridine rings is 1. The number of aromatic nitrogens is 3. The minimum atomic E-state index is -0.374. The van der Waals surface area contributed by atoms with Gasteiger partial charge < -0.3 is 10.3 Å². The average molecular weight is 270 g/mol. The lowest BCUT2D eigenvalue weighted by atomic mass is 10.1. The zero-order valence-electron chi connectivity index (χ0n) is 11.2. The van der Waals surface area contributed by atoms with E-state index in [-0.39, 0.29) is 11.5 Å². The number of nitrogen functional groups attached to an aromatic ring is 1. The van der Waals surface area contributed by atoms with Crippen LogP contribution in [0.15, 0.2) is 36.5 Å². The second kappa shape index (κ2) is 4.92. The molecule has 0 unspecified atom stereocenters. The first-order valence-electron chi connectivity index (χ1n) is 6.45. The number of anilines is 1. The summed E-state index contributed by atoms with van der Waals surface area (Å²) in [6, 6.07) is 8.66. The molecule has 0 aliphatic carbocycles. The highest BCUT2D eigenvalue weighted by molar-refractivity contribution is 5.70. The molecule has 0 radical (unpaired) electrons. The third kappa shape index (κ3) is 2.22. The number of rotatable bonds is 3. The molecule has 0 spiro atoms. The van der Waals surface area contributed by atoms with Gasteiger partial charge in [-0.3, -0.25) is 0 Å². The van der Waals surface area contributed by atoms with Crippen LogP contribution in [0.2, 0.25) is 0 Å². The van der Waals surface area contributed by atoms with E-state index in [9.17, 15) is 4.39 Å². The van der Waals surface area contributed by atoms with Gasteiger partial charge in [-0.15, -0.1) is 0 Å². The average Bonchev–Trinajstić information content (AvgIpc) is 2.77. The van der Waals surface area contributed by atoms with Gasteiger partial charge in [-0.05, 0) is 36.2 Å². The van der Waals surface area contributed by atoms with E-state index in [4.69, 9.17) is 5.73 Å². The number of aryl methyl sites for hydroxylation is 3. The normalized spacial score (nSPS) is 11.1. The van der Waals surface area contributed by atoms with Crippen LogP contribution in [0.5, 0.6) is 0 Å². The van der Waals surface area contributed by atoms with E-state index < -0.39 is 0 Å². The van der Waals surface area contributed by atoms with E-state index in [0.717, 1.165) is 35.4 Å². The Morgan fingerprint density at radius 1 is 1.25 bits per heavy atom. The fourth-order valence-corrected chi connectivity index (χ4v) is 2.30. The van der Waals surface area contributed by atoms with Crippen molar-refractivity contribution in [1.29, 1.82) is 0 Å². The van der Waals surface area contributed by atoms with Crippen LogP contribution in [0.25, 0.3) is 11.2 Å². The van der Waals surface area contributed by atoms with Gasteiger partial charge in [0.1, 0.15) is 17.2 Å². The Labute approximate surface area is 116 Å². The van der Waals surface area contributed by atoms with Crippen molar-refractivity contribution >= 4 is 16.9 Å². The van der Waals surface area contributed by atoms with Crippen molar-refractivity contribution in [3.63, 3.8) is 0 Å². The molecule has 102 valence electrons. The molecule has 0 amide bonds. The van der Waals surface area contributed by atoms with Gasteiger partial charge in [-0.1, -0.05) is 6.07 Å². The molecule has 2 heterocycles. The lowest BCUT2D eigenvalue weighted by molar-refractivity contribution is 0.631. The highest BCUT2D eigenvalue weighted by atomic mass is 19.1. The Bertz CT molecular complexity index is 764. The predicted molar refractivity (Wildman–Crippen MR) is 76.7 cm³/mol. The van der Waals surface area contributed by atoms with E-state index in [1.807, 2.05) is 23.7 Å². The molecule has 20 heavy (non-hydrogen) atoms. The first kappa shape index (κ1) is 12.6. The zero-order valence-corrected chi connectivity index (χ0v) is 11.2. The standard InChI is InChI=1S/C15H15FN4/c1-20-14(19-13-3-2-8-18-15(13)20)7-5-10-4-6-11(16)12(17)9-10/h2-4,6,8-9H,5,7,17H2,1H3. The Hall–Kier alpha value is -2.43. The number of fused-ring (bicyclic) bond motifs is 1. The summed E-state index contributed by atoms with van der Waals surface area (Å²) in [6.45, 7) is 0. The van der Waals surface area contributed by atoms with Crippen molar-refractivity contribution < 1.29 is 4.39 Å². The van der Waals surface area contributed by atoms with E-state index in [1.165, 1.54) is 6.07 Å². The van der Waals surface area contributed by atoms with Crippen LogP contribution < -0.4 is 5.73 Å².